The first-order chi connectivity index (χ1) is 10.7. The molecule has 126 valence electrons. The van der Waals surface area contributed by atoms with E-state index in [9.17, 15) is 18.0 Å². The second kappa shape index (κ2) is 6.67. The van der Waals surface area contributed by atoms with Crippen molar-refractivity contribution in [2.75, 3.05) is 13.1 Å². The lowest BCUT2D eigenvalue weighted by Gasteiger charge is -2.16. The maximum absolute atomic E-state index is 12.3. The summed E-state index contributed by atoms with van der Waals surface area (Å²) in [5.74, 6) is -0.209. The van der Waals surface area contributed by atoms with Crippen LogP contribution in [0, 0.1) is 0 Å². The van der Waals surface area contributed by atoms with Crippen molar-refractivity contribution in [2.24, 2.45) is 0 Å². The van der Waals surface area contributed by atoms with Crippen LogP contribution in [0.3, 0.4) is 0 Å². The standard InChI is InChI=1S/C15H20N2O5S/c1-10(2)17-9-13(22-15(17)19)8-16-23(20,21)14-6-4-5-12(7-14)11(3)18/h4-7,10,13,16H,8-9H2,1-3H3. The van der Waals surface area contributed by atoms with Crippen molar-refractivity contribution >= 4 is 21.9 Å². The fourth-order valence-corrected chi connectivity index (χ4v) is 3.35. The molecule has 1 atom stereocenters. The zero-order chi connectivity index (χ0) is 17.2. The van der Waals surface area contributed by atoms with Crippen molar-refractivity contribution in [3.05, 3.63) is 29.8 Å². The van der Waals surface area contributed by atoms with Gasteiger partial charge < -0.3 is 9.64 Å². The molecule has 7 nitrogen and oxygen atoms in total. The van der Waals surface area contributed by atoms with Crippen LogP contribution in [0.25, 0.3) is 0 Å². The van der Waals surface area contributed by atoms with E-state index >= 15 is 0 Å². The van der Waals surface area contributed by atoms with E-state index in [-0.39, 0.29) is 23.3 Å². The fraction of sp³-hybridized carbons (Fsp3) is 0.467. The van der Waals surface area contributed by atoms with E-state index in [0.717, 1.165) is 0 Å². The molecule has 1 aliphatic rings. The Morgan fingerprint density at radius 3 is 2.70 bits per heavy atom. The maximum Gasteiger partial charge on any atom is 0.410 e. The van der Waals surface area contributed by atoms with Gasteiger partial charge in [-0.3, -0.25) is 4.79 Å². The molecule has 2 rings (SSSR count). The van der Waals surface area contributed by atoms with Gasteiger partial charge in [0.25, 0.3) is 0 Å². The molecule has 1 heterocycles. The predicted octanol–water partition coefficient (Wildman–Crippen LogP) is 1.40. The van der Waals surface area contributed by atoms with Gasteiger partial charge in [0.05, 0.1) is 11.4 Å². The van der Waals surface area contributed by atoms with Gasteiger partial charge in [-0.25, -0.2) is 17.9 Å². The van der Waals surface area contributed by atoms with E-state index in [2.05, 4.69) is 4.72 Å². The smallest absolute Gasteiger partial charge is 0.410 e. The summed E-state index contributed by atoms with van der Waals surface area (Å²) in [6.07, 6.45) is -0.974. The minimum atomic E-state index is -3.77. The Morgan fingerprint density at radius 2 is 2.13 bits per heavy atom. The molecule has 0 saturated carbocycles. The third-order valence-electron chi connectivity index (χ3n) is 3.58. The van der Waals surface area contributed by atoms with Crippen molar-refractivity contribution in [3.63, 3.8) is 0 Å². The Kier molecular flexibility index (Phi) is 5.06. The number of Topliss-reactive ketones (excluding diaryl/α,β-unsaturated/α-hetero) is 1. The number of nitrogens with one attached hydrogen (secondary N) is 1. The zero-order valence-corrected chi connectivity index (χ0v) is 14.1. The first kappa shape index (κ1) is 17.4. The molecule has 0 aromatic heterocycles. The highest BCUT2D eigenvalue weighted by Crippen LogP contribution is 2.16. The number of carbonyl (C=O) groups excluding carboxylic acids is 2. The highest BCUT2D eigenvalue weighted by Gasteiger charge is 2.33. The molecule has 23 heavy (non-hydrogen) atoms. The minimum absolute atomic E-state index is 0.00337. The van der Waals surface area contributed by atoms with Crippen molar-refractivity contribution in [1.82, 2.24) is 9.62 Å². The fourth-order valence-electron chi connectivity index (χ4n) is 2.24. The lowest BCUT2D eigenvalue weighted by molar-refractivity contribution is 0.101. The molecule has 1 aromatic carbocycles. The van der Waals surface area contributed by atoms with Crippen molar-refractivity contribution in [2.45, 2.75) is 37.8 Å². The second-order valence-electron chi connectivity index (χ2n) is 5.69. The average molecular weight is 340 g/mol. The van der Waals surface area contributed by atoms with Gasteiger partial charge in [0.2, 0.25) is 10.0 Å². The molecule has 1 saturated heterocycles. The molecule has 1 N–H and O–H groups in total. The van der Waals surface area contributed by atoms with Crippen LogP contribution >= 0.6 is 0 Å². The van der Waals surface area contributed by atoms with E-state index in [4.69, 9.17) is 4.74 Å². The normalized spacial score (nSPS) is 18.3. The zero-order valence-electron chi connectivity index (χ0n) is 13.3. The number of benzene rings is 1. The van der Waals surface area contributed by atoms with E-state index < -0.39 is 22.2 Å². The van der Waals surface area contributed by atoms with Crippen molar-refractivity contribution in [3.8, 4) is 0 Å². The van der Waals surface area contributed by atoms with Gasteiger partial charge in [0, 0.05) is 18.2 Å². The Morgan fingerprint density at radius 1 is 1.43 bits per heavy atom. The Hall–Kier alpha value is -1.93. The van der Waals surface area contributed by atoms with Crippen LogP contribution in [0.1, 0.15) is 31.1 Å². The van der Waals surface area contributed by atoms with Gasteiger partial charge in [-0.05, 0) is 32.9 Å². The molecule has 0 aliphatic carbocycles. The summed E-state index contributed by atoms with van der Waals surface area (Å²) in [6, 6.07) is 5.81. The number of nitrogens with zero attached hydrogens (tertiary/aromatic N) is 1. The number of amides is 1. The summed E-state index contributed by atoms with van der Waals surface area (Å²) in [7, 11) is -3.77. The van der Waals surface area contributed by atoms with Gasteiger partial charge >= 0.3 is 6.09 Å². The summed E-state index contributed by atoms with van der Waals surface area (Å²) in [6.45, 7) is 5.42. The molecule has 8 heteroatoms. The van der Waals surface area contributed by atoms with Crippen LogP contribution < -0.4 is 4.72 Å². The summed E-state index contributed by atoms with van der Waals surface area (Å²) in [5, 5.41) is 0. The summed E-state index contributed by atoms with van der Waals surface area (Å²) in [5.41, 5.74) is 0.325. The van der Waals surface area contributed by atoms with E-state index in [1.54, 1.807) is 6.07 Å². The first-order valence-electron chi connectivity index (χ1n) is 7.28. The number of rotatable bonds is 6. The SMILES string of the molecule is CC(=O)c1cccc(S(=O)(=O)NCC2CN(C(C)C)C(=O)O2)c1. The quantitative estimate of drug-likeness (QED) is 0.790. The minimum Gasteiger partial charge on any atom is -0.443 e. The largest absolute Gasteiger partial charge is 0.443 e. The summed E-state index contributed by atoms with van der Waals surface area (Å²) < 4.78 is 32.1. The number of sulfonamides is 1. The number of cyclic esters (lactones) is 1. The van der Waals surface area contributed by atoms with Crippen LogP contribution in [0.2, 0.25) is 0 Å². The molecule has 1 unspecified atom stereocenters. The number of hydrogen-bond donors (Lipinski definition) is 1. The third-order valence-corrected chi connectivity index (χ3v) is 5.00. The third kappa shape index (κ3) is 4.08. The average Bonchev–Trinajstić information content (AvgIpc) is 2.87. The van der Waals surface area contributed by atoms with Gasteiger partial charge in [-0.15, -0.1) is 0 Å². The number of ketones is 1. The van der Waals surface area contributed by atoms with Gasteiger partial charge in [-0.2, -0.15) is 0 Å². The number of hydrogen-bond acceptors (Lipinski definition) is 5. The molecule has 1 fully saturated rings. The van der Waals surface area contributed by atoms with Crippen LogP contribution in [-0.2, 0) is 14.8 Å². The lowest BCUT2D eigenvalue weighted by Crippen LogP contribution is -2.36. The highest BCUT2D eigenvalue weighted by atomic mass is 32.2. The lowest BCUT2D eigenvalue weighted by atomic mass is 10.2. The topological polar surface area (TPSA) is 92.8 Å². The molecule has 1 aliphatic heterocycles. The van der Waals surface area contributed by atoms with Crippen LogP contribution in [0.5, 0.6) is 0 Å². The van der Waals surface area contributed by atoms with Crippen LogP contribution in [0.15, 0.2) is 29.2 Å². The van der Waals surface area contributed by atoms with Gasteiger partial charge in [-0.1, -0.05) is 12.1 Å². The Bertz CT molecular complexity index is 714. The summed E-state index contributed by atoms with van der Waals surface area (Å²) in [4.78, 5) is 24.5. The van der Waals surface area contributed by atoms with Gasteiger partial charge in [0.1, 0.15) is 6.10 Å². The predicted molar refractivity (Wildman–Crippen MR) is 83.7 cm³/mol. The maximum atomic E-state index is 12.3. The number of carbonyl (C=O) groups is 2. The molecule has 0 spiro atoms. The molecule has 0 bridgehead atoms. The van der Waals surface area contributed by atoms with Crippen molar-refractivity contribution < 1.29 is 22.7 Å². The molecule has 1 amide bonds. The van der Waals surface area contributed by atoms with E-state index in [0.29, 0.717) is 12.1 Å². The second-order valence-corrected chi connectivity index (χ2v) is 7.45. The highest BCUT2D eigenvalue weighted by molar-refractivity contribution is 7.89. The van der Waals surface area contributed by atoms with Crippen LogP contribution in [0.4, 0.5) is 4.79 Å². The van der Waals surface area contributed by atoms with Crippen LogP contribution in [-0.4, -0.2) is 50.4 Å². The van der Waals surface area contributed by atoms with Crippen molar-refractivity contribution in [1.29, 1.82) is 0 Å². The molecular formula is C15H20N2O5S. The van der Waals surface area contributed by atoms with Gasteiger partial charge in [0.15, 0.2) is 5.78 Å². The Balaban J connectivity index is 2.04. The van der Waals surface area contributed by atoms with E-state index in [1.165, 1.54) is 30.0 Å². The monoisotopic (exact) mass is 340 g/mol. The summed E-state index contributed by atoms with van der Waals surface area (Å²) >= 11 is 0. The van der Waals surface area contributed by atoms with E-state index in [1.807, 2.05) is 13.8 Å². The number of ether oxygens (including phenoxy) is 1. The molecular weight excluding hydrogens is 320 g/mol. The first-order valence-corrected chi connectivity index (χ1v) is 8.77. The Labute approximate surface area is 135 Å². The molecule has 1 aromatic rings. The molecule has 0 radical (unpaired) electrons.